The molecule has 11 nitrogen and oxygen atoms in total. The molecule has 3 amide bonds. The van der Waals surface area contributed by atoms with E-state index in [2.05, 4.69) is 10.0 Å². The maximum Gasteiger partial charge on any atom is 0.326 e. The first kappa shape index (κ1) is 29.6. The van der Waals surface area contributed by atoms with Gasteiger partial charge in [0.15, 0.2) is 0 Å². The number of hydrogen-bond donors (Lipinski definition) is 4. The Morgan fingerprint density at radius 3 is 2.25 bits per heavy atom. The van der Waals surface area contributed by atoms with Crippen LogP contribution in [0.2, 0.25) is 0 Å². The molecular weight excluding hydrogens is 508 g/mol. The Labute approximate surface area is 215 Å². The van der Waals surface area contributed by atoms with Crippen LogP contribution in [0.15, 0.2) is 29.2 Å². The number of hydrogen-bond acceptors (Lipinski definition) is 7. The van der Waals surface area contributed by atoms with Gasteiger partial charge in [0.2, 0.25) is 27.7 Å². The Morgan fingerprint density at radius 1 is 1.11 bits per heavy atom. The summed E-state index contributed by atoms with van der Waals surface area (Å²) in [6.07, 6.45) is 2.52. The number of aryl methyl sites for hydroxylation is 1. The minimum absolute atomic E-state index is 0.0785. The normalized spacial score (nSPS) is 16.2. The van der Waals surface area contributed by atoms with Crippen molar-refractivity contribution in [3.8, 4) is 0 Å². The largest absolute Gasteiger partial charge is 0.480 e. The van der Waals surface area contributed by atoms with Crippen molar-refractivity contribution in [3.05, 3.63) is 29.8 Å². The second kappa shape index (κ2) is 13.6. The number of primary amides is 1. The van der Waals surface area contributed by atoms with Crippen molar-refractivity contribution in [1.82, 2.24) is 14.9 Å². The van der Waals surface area contributed by atoms with Gasteiger partial charge in [0.1, 0.15) is 12.1 Å². The first-order valence-electron chi connectivity index (χ1n) is 11.6. The summed E-state index contributed by atoms with van der Waals surface area (Å²) >= 11 is 1.50. The molecule has 1 saturated heterocycles. The summed E-state index contributed by atoms with van der Waals surface area (Å²) in [7, 11) is -3.91. The molecule has 1 heterocycles. The summed E-state index contributed by atoms with van der Waals surface area (Å²) in [5, 5.41) is 11.7. The second-order valence-electron chi connectivity index (χ2n) is 8.77. The highest BCUT2D eigenvalue weighted by Crippen LogP contribution is 2.20. The van der Waals surface area contributed by atoms with Gasteiger partial charge < -0.3 is 21.1 Å². The zero-order chi connectivity index (χ0) is 26.9. The number of likely N-dealkylation sites (tertiary alicyclic amines) is 1. The van der Waals surface area contributed by atoms with E-state index in [0.29, 0.717) is 25.0 Å². The first-order valence-corrected chi connectivity index (χ1v) is 14.5. The molecule has 5 N–H and O–H groups in total. The molecule has 36 heavy (non-hydrogen) atoms. The van der Waals surface area contributed by atoms with Crippen molar-refractivity contribution < 1.29 is 32.7 Å². The van der Waals surface area contributed by atoms with Gasteiger partial charge in [0, 0.05) is 25.4 Å². The maximum absolute atomic E-state index is 13.2. The monoisotopic (exact) mass is 542 g/mol. The van der Waals surface area contributed by atoms with Crippen LogP contribution in [-0.4, -0.2) is 79.3 Å². The third-order valence-electron chi connectivity index (χ3n) is 6.01. The molecule has 0 radical (unpaired) electrons. The van der Waals surface area contributed by atoms with E-state index >= 15 is 0 Å². The average Bonchev–Trinajstić information content (AvgIpc) is 2.83. The predicted octanol–water partition coefficient (Wildman–Crippen LogP) is 0.469. The van der Waals surface area contributed by atoms with Gasteiger partial charge in [-0.2, -0.15) is 16.5 Å². The first-order chi connectivity index (χ1) is 16.9. The van der Waals surface area contributed by atoms with Crippen LogP contribution >= 0.6 is 11.8 Å². The molecule has 1 aromatic rings. The molecule has 0 aliphatic carbocycles. The Morgan fingerprint density at radius 2 is 1.72 bits per heavy atom. The minimum atomic E-state index is -3.91. The van der Waals surface area contributed by atoms with Gasteiger partial charge >= 0.3 is 5.97 Å². The van der Waals surface area contributed by atoms with E-state index < -0.39 is 45.8 Å². The lowest BCUT2D eigenvalue weighted by molar-refractivity contribution is -0.143. The molecule has 2 atom stereocenters. The van der Waals surface area contributed by atoms with Crippen LogP contribution in [-0.2, 0) is 29.2 Å². The molecule has 1 aliphatic rings. The van der Waals surface area contributed by atoms with Gasteiger partial charge in [-0.3, -0.25) is 14.4 Å². The average molecular weight is 543 g/mol. The number of carbonyl (C=O) groups is 4. The third-order valence-corrected chi connectivity index (χ3v) is 8.14. The zero-order valence-electron chi connectivity index (χ0n) is 20.4. The lowest BCUT2D eigenvalue weighted by atomic mass is 9.94. The van der Waals surface area contributed by atoms with E-state index in [9.17, 15) is 32.7 Å². The maximum atomic E-state index is 13.2. The van der Waals surface area contributed by atoms with Gasteiger partial charge in [0.05, 0.1) is 4.90 Å². The van der Waals surface area contributed by atoms with Gasteiger partial charge in [-0.1, -0.05) is 17.7 Å². The van der Waals surface area contributed by atoms with E-state index in [4.69, 9.17) is 5.73 Å². The summed E-state index contributed by atoms with van der Waals surface area (Å²) in [5.74, 6) is -2.65. The molecule has 0 spiro atoms. The van der Waals surface area contributed by atoms with Crippen molar-refractivity contribution in [1.29, 1.82) is 0 Å². The van der Waals surface area contributed by atoms with Crippen LogP contribution in [0.1, 0.15) is 37.7 Å². The summed E-state index contributed by atoms with van der Waals surface area (Å²) in [5.41, 5.74) is 5.98. The number of amides is 3. The number of carboxylic acid groups (broad SMARTS) is 1. The molecule has 0 unspecified atom stereocenters. The number of nitrogens with zero attached hydrogens (tertiary/aromatic N) is 1. The van der Waals surface area contributed by atoms with E-state index in [1.165, 1.54) is 28.8 Å². The Hall–Kier alpha value is -2.64. The fraction of sp³-hybridized carbons (Fsp3) is 0.565. The minimum Gasteiger partial charge on any atom is -0.480 e. The lowest BCUT2D eigenvalue weighted by Gasteiger charge is -2.34. The number of rotatable bonds is 13. The molecule has 1 aliphatic heterocycles. The number of nitrogens with one attached hydrogen (secondary N) is 2. The number of nitrogens with two attached hydrogens (primary N) is 1. The molecule has 200 valence electrons. The second-order valence-corrected chi connectivity index (χ2v) is 11.5. The highest BCUT2D eigenvalue weighted by Gasteiger charge is 2.34. The van der Waals surface area contributed by atoms with Crippen molar-refractivity contribution in [2.45, 2.75) is 56.0 Å². The zero-order valence-corrected chi connectivity index (χ0v) is 22.1. The number of carboxylic acids is 1. The highest BCUT2D eigenvalue weighted by molar-refractivity contribution is 7.98. The number of thioether (sulfide) groups is 1. The Kier molecular flexibility index (Phi) is 11.2. The number of sulfonamides is 1. The van der Waals surface area contributed by atoms with Crippen LogP contribution in [0.5, 0.6) is 0 Å². The number of aliphatic carboxylic acids is 1. The van der Waals surface area contributed by atoms with E-state index in [1.807, 2.05) is 13.2 Å². The quantitative estimate of drug-likeness (QED) is 0.278. The number of carbonyl (C=O) groups excluding carboxylic acids is 3. The predicted molar refractivity (Wildman–Crippen MR) is 136 cm³/mol. The fourth-order valence-electron chi connectivity index (χ4n) is 3.86. The number of benzene rings is 1. The van der Waals surface area contributed by atoms with Gasteiger partial charge in [-0.05, 0) is 56.7 Å². The standard InChI is InChI=1S/C23H34N4O7S2/c1-15-3-5-17(6-4-15)36(33,34)26-18(11-14-35-2)22(30)27-12-9-16(10-13-27)21(29)25-19(23(31)32)7-8-20(24)28/h3-6,16,18-19,26H,7-14H2,1-2H3,(H2,24,28)(H,25,29)(H,31,32)/t18-,19-/m0/s1. The highest BCUT2D eigenvalue weighted by atomic mass is 32.2. The summed E-state index contributed by atoms with van der Waals surface area (Å²) in [4.78, 5) is 49.8. The fourth-order valence-corrected chi connectivity index (χ4v) is 5.55. The van der Waals surface area contributed by atoms with Crippen molar-refractivity contribution in [2.24, 2.45) is 11.7 Å². The van der Waals surface area contributed by atoms with E-state index in [0.717, 1.165) is 5.56 Å². The van der Waals surface area contributed by atoms with Crippen LogP contribution in [0.3, 0.4) is 0 Å². The molecule has 13 heteroatoms. The summed E-state index contributed by atoms with van der Waals surface area (Å²) in [6, 6.07) is 4.19. The molecule has 2 rings (SSSR count). The van der Waals surface area contributed by atoms with Crippen LogP contribution in [0.4, 0.5) is 0 Å². The van der Waals surface area contributed by atoms with E-state index in [1.54, 1.807) is 12.1 Å². The van der Waals surface area contributed by atoms with Crippen molar-refractivity contribution >= 4 is 45.5 Å². The van der Waals surface area contributed by atoms with Crippen LogP contribution in [0.25, 0.3) is 0 Å². The molecular formula is C23H34N4O7S2. The Bertz CT molecular complexity index is 1040. The van der Waals surface area contributed by atoms with Crippen LogP contribution < -0.4 is 15.8 Å². The summed E-state index contributed by atoms with van der Waals surface area (Å²) < 4.78 is 28.3. The van der Waals surface area contributed by atoms with Gasteiger partial charge in [-0.25, -0.2) is 13.2 Å². The van der Waals surface area contributed by atoms with Gasteiger partial charge in [-0.15, -0.1) is 0 Å². The number of piperidine rings is 1. The third kappa shape index (κ3) is 8.79. The molecule has 1 aromatic carbocycles. The van der Waals surface area contributed by atoms with Crippen molar-refractivity contribution in [2.75, 3.05) is 25.1 Å². The lowest BCUT2D eigenvalue weighted by Crippen LogP contribution is -2.52. The van der Waals surface area contributed by atoms with Gasteiger partial charge in [0.25, 0.3) is 0 Å². The van der Waals surface area contributed by atoms with Crippen LogP contribution in [0, 0.1) is 12.8 Å². The Balaban J connectivity index is 2.00. The summed E-state index contributed by atoms with van der Waals surface area (Å²) in [6.45, 7) is 2.32. The smallest absolute Gasteiger partial charge is 0.326 e. The molecule has 1 fully saturated rings. The topological polar surface area (TPSA) is 176 Å². The molecule has 0 saturated carbocycles. The van der Waals surface area contributed by atoms with Crippen molar-refractivity contribution in [3.63, 3.8) is 0 Å². The SMILES string of the molecule is CSCC[C@H](NS(=O)(=O)c1ccc(C)cc1)C(=O)N1CCC(C(=O)N[C@@H](CCC(N)=O)C(=O)O)CC1. The molecule has 0 aromatic heterocycles. The molecule has 0 bridgehead atoms. The van der Waals surface area contributed by atoms with E-state index in [-0.39, 0.29) is 36.7 Å².